The second kappa shape index (κ2) is 5.50. The third kappa shape index (κ3) is 3.54. The van der Waals surface area contributed by atoms with E-state index in [2.05, 4.69) is 4.40 Å². The molecule has 5 nitrogen and oxygen atoms in total. The molecule has 0 aliphatic rings. The molecular formula is C10H12N2O3S. The highest BCUT2D eigenvalue weighted by molar-refractivity contribution is 7.83. The number of hydrogen-bond donors (Lipinski definition) is 0. The van der Waals surface area contributed by atoms with Gasteiger partial charge in [0, 0.05) is 18.3 Å². The number of nitro groups is 1. The molecule has 0 amide bonds. The first kappa shape index (κ1) is 12.5. The van der Waals surface area contributed by atoms with Crippen molar-refractivity contribution in [2.24, 2.45) is 10.3 Å². The Morgan fingerprint density at radius 2 is 1.94 bits per heavy atom. The Kier molecular flexibility index (Phi) is 4.30. The highest BCUT2D eigenvalue weighted by Gasteiger charge is 2.06. The highest BCUT2D eigenvalue weighted by atomic mass is 32.2. The lowest BCUT2D eigenvalue weighted by atomic mass is 10.3. The van der Waals surface area contributed by atoms with Gasteiger partial charge in [0.15, 0.2) is 11.0 Å². The number of nitrogens with zero attached hydrogens (tertiary/aromatic N) is 2. The van der Waals surface area contributed by atoms with Crippen molar-refractivity contribution in [3.63, 3.8) is 0 Å². The average molecular weight is 240 g/mol. The number of benzene rings is 1. The summed E-state index contributed by atoms with van der Waals surface area (Å²) in [5.74, 6) is 0.224. The van der Waals surface area contributed by atoms with Crippen LogP contribution in [0.2, 0.25) is 0 Å². The second-order valence-electron chi connectivity index (χ2n) is 3.50. The molecule has 0 aliphatic carbocycles. The van der Waals surface area contributed by atoms with E-state index in [1.807, 2.05) is 13.8 Å². The normalized spacial score (nSPS) is 13.2. The van der Waals surface area contributed by atoms with Gasteiger partial charge in [0.1, 0.15) is 0 Å². The van der Waals surface area contributed by atoms with Gasteiger partial charge in [-0.05, 0) is 18.1 Å². The summed E-state index contributed by atoms with van der Waals surface area (Å²) in [6.45, 7) is 3.85. The lowest BCUT2D eigenvalue weighted by Crippen LogP contribution is -1.93. The lowest BCUT2D eigenvalue weighted by molar-refractivity contribution is -0.384. The zero-order valence-electron chi connectivity index (χ0n) is 8.99. The van der Waals surface area contributed by atoms with Crippen LogP contribution in [0.15, 0.2) is 33.6 Å². The molecule has 1 aromatic carbocycles. The van der Waals surface area contributed by atoms with Gasteiger partial charge in [0.05, 0.1) is 9.82 Å². The highest BCUT2D eigenvalue weighted by Crippen LogP contribution is 2.15. The zero-order chi connectivity index (χ0) is 12.1. The monoisotopic (exact) mass is 240 g/mol. The Bertz CT molecular complexity index is 426. The SMILES string of the molecule is CC(C)/C=N/S(=O)c1ccc([N+](=O)[O-])cc1. The standard InChI is InChI=1S/C10H12N2O3S/c1-8(2)7-11-16(15)10-5-3-9(4-6-10)12(13)14/h3-8H,1-2H3/b11-7+. The maximum Gasteiger partial charge on any atom is 0.269 e. The molecule has 0 saturated heterocycles. The van der Waals surface area contributed by atoms with Crippen molar-refractivity contribution >= 4 is 22.9 Å². The topological polar surface area (TPSA) is 72.6 Å². The third-order valence-electron chi connectivity index (χ3n) is 1.70. The van der Waals surface area contributed by atoms with Crippen LogP contribution in [0.1, 0.15) is 13.8 Å². The molecule has 1 unspecified atom stereocenters. The molecule has 1 atom stereocenters. The summed E-state index contributed by atoms with van der Waals surface area (Å²) < 4.78 is 15.4. The van der Waals surface area contributed by atoms with Crippen LogP contribution in [0.25, 0.3) is 0 Å². The van der Waals surface area contributed by atoms with Crippen molar-refractivity contribution in [2.45, 2.75) is 18.7 Å². The van der Waals surface area contributed by atoms with E-state index in [0.717, 1.165) is 0 Å². The molecule has 1 aromatic rings. The van der Waals surface area contributed by atoms with Crippen molar-refractivity contribution in [1.29, 1.82) is 0 Å². The molecule has 0 heterocycles. The molecule has 0 N–H and O–H groups in total. The summed E-state index contributed by atoms with van der Waals surface area (Å²) >= 11 is 0. The van der Waals surface area contributed by atoms with E-state index < -0.39 is 15.9 Å². The fraction of sp³-hybridized carbons (Fsp3) is 0.300. The first-order chi connectivity index (χ1) is 7.50. The minimum absolute atomic E-state index is 0.0198. The van der Waals surface area contributed by atoms with E-state index in [-0.39, 0.29) is 11.6 Å². The molecule has 6 heteroatoms. The van der Waals surface area contributed by atoms with Gasteiger partial charge in [-0.2, -0.15) is 4.40 Å². The number of nitro benzene ring substituents is 1. The number of non-ortho nitro benzene ring substituents is 1. The van der Waals surface area contributed by atoms with Crippen LogP contribution >= 0.6 is 0 Å². The van der Waals surface area contributed by atoms with E-state index in [0.29, 0.717) is 4.90 Å². The minimum Gasteiger partial charge on any atom is -0.258 e. The Morgan fingerprint density at radius 3 is 2.38 bits per heavy atom. The molecule has 0 radical (unpaired) electrons. The molecule has 16 heavy (non-hydrogen) atoms. The first-order valence-electron chi connectivity index (χ1n) is 4.71. The van der Waals surface area contributed by atoms with E-state index in [1.165, 1.54) is 24.3 Å². The Balaban J connectivity index is 2.82. The fourth-order valence-electron chi connectivity index (χ4n) is 0.922. The predicted molar refractivity (Wildman–Crippen MR) is 62.8 cm³/mol. The molecule has 0 spiro atoms. The van der Waals surface area contributed by atoms with Gasteiger partial charge in [-0.15, -0.1) is 0 Å². The van der Waals surface area contributed by atoms with Crippen LogP contribution in [0.3, 0.4) is 0 Å². The zero-order valence-corrected chi connectivity index (χ0v) is 9.81. The molecule has 86 valence electrons. The number of hydrogen-bond acceptors (Lipinski definition) is 3. The minimum atomic E-state index is -1.48. The summed E-state index contributed by atoms with van der Waals surface area (Å²) in [7, 11) is -1.48. The summed E-state index contributed by atoms with van der Waals surface area (Å²) in [4.78, 5) is 10.4. The molecular weight excluding hydrogens is 228 g/mol. The van der Waals surface area contributed by atoms with Crippen molar-refractivity contribution in [1.82, 2.24) is 0 Å². The van der Waals surface area contributed by atoms with Crippen LogP contribution < -0.4 is 0 Å². The first-order valence-corrected chi connectivity index (χ1v) is 5.82. The predicted octanol–water partition coefficient (Wildman–Crippen LogP) is 2.34. The second-order valence-corrected chi connectivity index (χ2v) is 4.68. The van der Waals surface area contributed by atoms with Crippen LogP contribution in [0, 0.1) is 16.0 Å². The average Bonchev–Trinajstić information content (AvgIpc) is 2.26. The van der Waals surface area contributed by atoms with Gasteiger partial charge in [-0.25, -0.2) is 4.21 Å². The van der Waals surface area contributed by atoms with E-state index in [1.54, 1.807) is 6.21 Å². The summed E-state index contributed by atoms with van der Waals surface area (Å²) in [5, 5.41) is 10.4. The molecule has 0 fully saturated rings. The van der Waals surface area contributed by atoms with E-state index in [4.69, 9.17) is 0 Å². The maximum atomic E-state index is 11.6. The molecule has 0 saturated carbocycles. The van der Waals surface area contributed by atoms with Gasteiger partial charge in [-0.3, -0.25) is 10.1 Å². The van der Waals surface area contributed by atoms with Gasteiger partial charge in [0.2, 0.25) is 0 Å². The Labute approximate surface area is 95.9 Å². The summed E-state index contributed by atoms with van der Waals surface area (Å²) in [6, 6.07) is 5.54. The molecule has 0 aromatic heterocycles. The molecule has 0 aliphatic heterocycles. The van der Waals surface area contributed by atoms with Gasteiger partial charge in [0.25, 0.3) is 5.69 Å². The van der Waals surface area contributed by atoms with Crippen molar-refractivity contribution < 1.29 is 9.13 Å². The maximum absolute atomic E-state index is 11.6. The van der Waals surface area contributed by atoms with Gasteiger partial charge < -0.3 is 0 Å². The van der Waals surface area contributed by atoms with Crippen molar-refractivity contribution in [2.75, 3.05) is 0 Å². The summed E-state index contributed by atoms with van der Waals surface area (Å²) in [6.07, 6.45) is 1.59. The van der Waals surface area contributed by atoms with Crippen LogP contribution in [0.5, 0.6) is 0 Å². The molecule has 1 rings (SSSR count). The Morgan fingerprint density at radius 1 is 1.38 bits per heavy atom. The van der Waals surface area contributed by atoms with Crippen LogP contribution in [-0.4, -0.2) is 15.3 Å². The lowest BCUT2D eigenvalue weighted by Gasteiger charge is -1.97. The Hall–Kier alpha value is -1.56. The molecule has 0 bridgehead atoms. The number of rotatable bonds is 4. The fourth-order valence-corrected chi connectivity index (χ4v) is 1.77. The van der Waals surface area contributed by atoms with Gasteiger partial charge >= 0.3 is 0 Å². The smallest absolute Gasteiger partial charge is 0.258 e. The quantitative estimate of drug-likeness (QED) is 0.460. The van der Waals surface area contributed by atoms with E-state index in [9.17, 15) is 14.3 Å². The van der Waals surface area contributed by atoms with E-state index >= 15 is 0 Å². The van der Waals surface area contributed by atoms with Gasteiger partial charge in [-0.1, -0.05) is 13.8 Å². The largest absolute Gasteiger partial charge is 0.269 e. The van der Waals surface area contributed by atoms with Crippen molar-refractivity contribution in [3.8, 4) is 0 Å². The van der Waals surface area contributed by atoms with Crippen molar-refractivity contribution in [3.05, 3.63) is 34.4 Å². The summed E-state index contributed by atoms with van der Waals surface area (Å²) in [5.41, 5.74) is -0.0198. The van der Waals surface area contributed by atoms with Crippen LogP contribution in [0.4, 0.5) is 5.69 Å². The van der Waals surface area contributed by atoms with Crippen LogP contribution in [-0.2, 0) is 11.0 Å². The third-order valence-corrected chi connectivity index (χ3v) is 2.69.